The molecule has 1 amide bonds. The van der Waals surface area contributed by atoms with E-state index >= 15 is 0 Å². The second kappa shape index (κ2) is 11.3. The third-order valence-corrected chi connectivity index (χ3v) is 4.20. The third-order valence-electron chi connectivity index (χ3n) is 4.20. The van der Waals surface area contributed by atoms with Crippen LogP contribution in [-0.4, -0.2) is 31.0 Å². The Hall–Kier alpha value is -1.31. The summed E-state index contributed by atoms with van der Waals surface area (Å²) in [5.41, 5.74) is 1.73. The molecule has 140 valence electrons. The molecule has 0 bridgehead atoms. The van der Waals surface area contributed by atoms with Crippen molar-refractivity contribution < 1.29 is 4.79 Å². The standard InChI is InChI=1S/C19H30N4O.HI/c1-4-14(3)23-18(24)17-8-6-7-16(11-17)13-22-19(20-5-2)21-12-15-9-10-15;/h6-8,11,14-15H,4-5,9-10,12-13H2,1-3H3,(H,23,24)(H2,20,21,22);1H. The number of hydrogen-bond acceptors (Lipinski definition) is 2. The van der Waals surface area contributed by atoms with Crippen molar-refractivity contribution in [2.75, 3.05) is 13.1 Å². The van der Waals surface area contributed by atoms with Crippen LogP contribution in [0.2, 0.25) is 0 Å². The number of carbonyl (C=O) groups is 1. The number of hydrogen-bond donors (Lipinski definition) is 3. The summed E-state index contributed by atoms with van der Waals surface area (Å²) >= 11 is 0. The topological polar surface area (TPSA) is 65.5 Å². The summed E-state index contributed by atoms with van der Waals surface area (Å²) in [7, 11) is 0. The van der Waals surface area contributed by atoms with E-state index in [-0.39, 0.29) is 35.9 Å². The lowest BCUT2D eigenvalue weighted by atomic mass is 10.1. The number of amides is 1. The SMILES string of the molecule is CCNC(=NCc1cccc(C(=O)NC(C)CC)c1)NCC1CC1.I. The monoisotopic (exact) mass is 458 g/mol. The number of benzene rings is 1. The minimum Gasteiger partial charge on any atom is -0.357 e. The second-order valence-corrected chi connectivity index (χ2v) is 6.50. The van der Waals surface area contributed by atoms with Crippen LogP contribution in [0, 0.1) is 5.92 Å². The predicted molar refractivity (Wildman–Crippen MR) is 115 cm³/mol. The minimum atomic E-state index is -0.0195. The lowest BCUT2D eigenvalue weighted by Crippen LogP contribution is -2.38. The van der Waals surface area contributed by atoms with Crippen LogP contribution in [0.5, 0.6) is 0 Å². The van der Waals surface area contributed by atoms with Gasteiger partial charge in [0.2, 0.25) is 0 Å². The van der Waals surface area contributed by atoms with E-state index in [0.717, 1.165) is 37.0 Å². The number of carbonyl (C=O) groups excluding carboxylic acids is 1. The van der Waals surface area contributed by atoms with Gasteiger partial charge in [0.25, 0.3) is 5.91 Å². The number of nitrogens with zero attached hydrogens (tertiary/aromatic N) is 1. The zero-order valence-corrected chi connectivity index (χ0v) is 17.8. The first-order chi connectivity index (χ1) is 11.6. The highest BCUT2D eigenvalue weighted by Crippen LogP contribution is 2.27. The number of aliphatic imine (C=N–C) groups is 1. The maximum Gasteiger partial charge on any atom is 0.251 e. The van der Waals surface area contributed by atoms with Crippen molar-refractivity contribution >= 4 is 35.8 Å². The largest absolute Gasteiger partial charge is 0.357 e. The Morgan fingerprint density at radius 1 is 1.28 bits per heavy atom. The minimum absolute atomic E-state index is 0. The molecule has 1 unspecified atom stereocenters. The van der Waals surface area contributed by atoms with E-state index in [2.05, 4.69) is 34.8 Å². The van der Waals surface area contributed by atoms with Crippen LogP contribution in [0.3, 0.4) is 0 Å². The quantitative estimate of drug-likeness (QED) is 0.318. The molecular weight excluding hydrogens is 427 g/mol. The molecule has 25 heavy (non-hydrogen) atoms. The zero-order chi connectivity index (χ0) is 17.4. The van der Waals surface area contributed by atoms with Gasteiger partial charge in [-0.15, -0.1) is 24.0 Å². The van der Waals surface area contributed by atoms with E-state index in [1.807, 2.05) is 31.2 Å². The Morgan fingerprint density at radius 2 is 2.04 bits per heavy atom. The first-order valence-electron chi connectivity index (χ1n) is 9.04. The van der Waals surface area contributed by atoms with E-state index < -0.39 is 0 Å². The first kappa shape index (κ1) is 21.7. The van der Waals surface area contributed by atoms with Crippen LogP contribution in [0.25, 0.3) is 0 Å². The van der Waals surface area contributed by atoms with Crippen LogP contribution >= 0.6 is 24.0 Å². The average molecular weight is 458 g/mol. The van der Waals surface area contributed by atoms with Gasteiger partial charge < -0.3 is 16.0 Å². The molecule has 3 N–H and O–H groups in total. The normalized spacial score (nSPS) is 15.1. The van der Waals surface area contributed by atoms with E-state index in [4.69, 9.17) is 0 Å². The molecule has 1 aromatic carbocycles. The second-order valence-electron chi connectivity index (χ2n) is 6.50. The highest BCUT2D eigenvalue weighted by atomic mass is 127. The first-order valence-corrected chi connectivity index (χ1v) is 9.04. The molecule has 1 aliphatic carbocycles. The number of halogens is 1. The molecule has 0 saturated heterocycles. The maximum absolute atomic E-state index is 12.2. The molecule has 0 spiro atoms. The molecule has 1 fully saturated rings. The van der Waals surface area contributed by atoms with Gasteiger partial charge in [-0.2, -0.15) is 0 Å². The van der Waals surface area contributed by atoms with Gasteiger partial charge in [-0.05, 0) is 56.7 Å². The van der Waals surface area contributed by atoms with Crippen molar-refractivity contribution in [3.05, 3.63) is 35.4 Å². The Bertz CT molecular complexity index is 572. The summed E-state index contributed by atoms with van der Waals surface area (Å²) in [5, 5.41) is 9.65. The summed E-state index contributed by atoms with van der Waals surface area (Å²) in [6, 6.07) is 7.88. The summed E-state index contributed by atoms with van der Waals surface area (Å²) in [4.78, 5) is 16.8. The fourth-order valence-corrected chi connectivity index (χ4v) is 2.30. The Morgan fingerprint density at radius 3 is 2.68 bits per heavy atom. The smallest absolute Gasteiger partial charge is 0.251 e. The molecule has 0 aromatic heterocycles. The molecule has 5 nitrogen and oxygen atoms in total. The predicted octanol–water partition coefficient (Wildman–Crippen LogP) is 3.30. The Kier molecular flexibility index (Phi) is 9.85. The molecule has 1 aliphatic rings. The molecule has 0 heterocycles. The van der Waals surface area contributed by atoms with Gasteiger partial charge in [0.1, 0.15) is 0 Å². The van der Waals surface area contributed by atoms with Crippen molar-refractivity contribution in [1.29, 1.82) is 0 Å². The summed E-state index contributed by atoms with van der Waals surface area (Å²) in [6.45, 7) is 8.53. The van der Waals surface area contributed by atoms with Gasteiger partial charge in [-0.1, -0.05) is 19.1 Å². The molecule has 1 atom stereocenters. The molecule has 0 radical (unpaired) electrons. The van der Waals surface area contributed by atoms with Gasteiger partial charge in [-0.3, -0.25) is 4.79 Å². The summed E-state index contributed by atoms with van der Waals surface area (Å²) in [5.74, 6) is 1.63. The third kappa shape index (κ3) is 8.07. The van der Waals surface area contributed by atoms with Gasteiger partial charge in [-0.25, -0.2) is 4.99 Å². The van der Waals surface area contributed by atoms with Gasteiger partial charge >= 0.3 is 0 Å². The lowest BCUT2D eigenvalue weighted by molar-refractivity contribution is 0.0939. The number of guanidine groups is 1. The summed E-state index contributed by atoms with van der Waals surface area (Å²) in [6.07, 6.45) is 3.56. The zero-order valence-electron chi connectivity index (χ0n) is 15.5. The van der Waals surface area contributed by atoms with Crippen molar-refractivity contribution in [2.45, 2.75) is 52.6 Å². The molecule has 1 saturated carbocycles. The maximum atomic E-state index is 12.2. The van der Waals surface area contributed by atoms with Gasteiger partial charge in [0.15, 0.2) is 5.96 Å². The van der Waals surface area contributed by atoms with E-state index in [1.165, 1.54) is 12.8 Å². The fourth-order valence-electron chi connectivity index (χ4n) is 2.30. The van der Waals surface area contributed by atoms with Crippen molar-refractivity contribution in [2.24, 2.45) is 10.9 Å². The highest BCUT2D eigenvalue weighted by Gasteiger charge is 2.21. The molecule has 0 aliphatic heterocycles. The van der Waals surface area contributed by atoms with Crippen molar-refractivity contribution in [3.63, 3.8) is 0 Å². The van der Waals surface area contributed by atoms with Crippen LogP contribution < -0.4 is 16.0 Å². The van der Waals surface area contributed by atoms with Crippen molar-refractivity contribution in [1.82, 2.24) is 16.0 Å². The number of rotatable bonds is 8. The van der Waals surface area contributed by atoms with Gasteiger partial charge in [0, 0.05) is 24.7 Å². The van der Waals surface area contributed by atoms with Crippen LogP contribution in [0.1, 0.15) is 56.0 Å². The average Bonchev–Trinajstić information content (AvgIpc) is 3.41. The van der Waals surface area contributed by atoms with Crippen LogP contribution in [0.15, 0.2) is 29.3 Å². The molecular formula is C19H31IN4O. The lowest BCUT2D eigenvalue weighted by Gasteiger charge is -2.12. The van der Waals surface area contributed by atoms with Crippen LogP contribution in [0.4, 0.5) is 0 Å². The van der Waals surface area contributed by atoms with Crippen LogP contribution in [-0.2, 0) is 6.54 Å². The fraction of sp³-hybridized carbons (Fsp3) is 0.579. The van der Waals surface area contributed by atoms with E-state index in [9.17, 15) is 4.79 Å². The van der Waals surface area contributed by atoms with E-state index in [1.54, 1.807) is 0 Å². The summed E-state index contributed by atoms with van der Waals surface area (Å²) < 4.78 is 0. The molecule has 1 aromatic rings. The van der Waals surface area contributed by atoms with Crippen molar-refractivity contribution in [3.8, 4) is 0 Å². The number of nitrogens with one attached hydrogen (secondary N) is 3. The molecule has 6 heteroatoms. The Labute approximate surface area is 168 Å². The Balaban J connectivity index is 0.00000312. The van der Waals surface area contributed by atoms with Gasteiger partial charge in [0.05, 0.1) is 6.54 Å². The molecule has 2 rings (SSSR count). The highest BCUT2D eigenvalue weighted by molar-refractivity contribution is 14.0. The van der Waals surface area contributed by atoms with E-state index in [0.29, 0.717) is 12.1 Å².